The maximum Gasteiger partial charge on any atom is 0.257 e. The minimum atomic E-state index is 0.536. The van der Waals surface area contributed by atoms with Gasteiger partial charge in [-0.3, -0.25) is 0 Å². The molecule has 0 radical (unpaired) electrons. The predicted molar refractivity (Wildman–Crippen MR) is 83.3 cm³/mol. The fourth-order valence-electron chi connectivity index (χ4n) is 2.52. The summed E-state index contributed by atoms with van der Waals surface area (Å²) in [6, 6.07) is 17.8. The van der Waals surface area contributed by atoms with Crippen molar-refractivity contribution < 1.29 is 4.52 Å². The Kier molecular flexibility index (Phi) is 2.96. The van der Waals surface area contributed by atoms with Crippen LogP contribution in [0.25, 0.3) is 22.5 Å². The van der Waals surface area contributed by atoms with E-state index in [1.807, 2.05) is 55.6 Å². The van der Waals surface area contributed by atoms with Gasteiger partial charge < -0.3 is 9.09 Å². The Hall–Kier alpha value is -2.95. The molecule has 5 nitrogen and oxygen atoms in total. The lowest BCUT2D eigenvalue weighted by Crippen LogP contribution is -2.00. The molecule has 0 saturated carbocycles. The number of nitrogens with zero attached hydrogens (tertiary/aromatic N) is 4. The van der Waals surface area contributed by atoms with Crippen molar-refractivity contribution in [3.8, 4) is 11.5 Å². The molecule has 0 atom stereocenters. The Morgan fingerprint density at radius 1 is 0.955 bits per heavy atom. The van der Waals surface area contributed by atoms with E-state index in [0.717, 1.165) is 22.4 Å². The van der Waals surface area contributed by atoms with Gasteiger partial charge in [0.15, 0.2) is 5.82 Å². The number of aryl methyl sites for hydroxylation is 1. The Morgan fingerprint density at radius 2 is 1.73 bits per heavy atom. The minimum Gasteiger partial charge on any atom is -0.334 e. The lowest BCUT2D eigenvalue weighted by atomic mass is 10.2. The quantitative estimate of drug-likeness (QED) is 0.581. The smallest absolute Gasteiger partial charge is 0.257 e. The van der Waals surface area contributed by atoms with Crippen LogP contribution in [0.3, 0.4) is 0 Å². The summed E-state index contributed by atoms with van der Waals surface area (Å²) in [7, 11) is 2.00. The maximum absolute atomic E-state index is 5.34. The number of hydrogen-bond donors (Lipinski definition) is 0. The van der Waals surface area contributed by atoms with Crippen molar-refractivity contribution in [2.75, 3.05) is 0 Å². The largest absolute Gasteiger partial charge is 0.334 e. The van der Waals surface area contributed by atoms with Crippen molar-refractivity contribution in [1.82, 2.24) is 19.7 Å². The van der Waals surface area contributed by atoms with Gasteiger partial charge in [0.05, 0.1) is 17.5 Å². The van der Waals surface area contributed by atoms with Crippen LogP contribution in [0, 0.1) is 0 Å². The zero-order valence-corrected chi connectivity index (χ0v) is 12.1. The fraction of sp³-hybridized carbons (Fsp3) is 0.118. The molecule has 0 N–H and O–H groups in total. The number of rotatable bonds is 3. The number of imidazole rings is 1. The van der Waals surface area contributed by atoms with Gasteiger partial charge in [-0.05, 0) is 24.3 Å². The highest BCUT2D eigenvalue weighted by Gasteiger charge is 2.13. The summed E-state index contributed by atoms with van der Waals surface area (Å²) < 4.78 is 7.40. The van der Waals surface area contributed by atoms with Crippen LogP contribution in [0.1, 0.15) is 11.6 Å². The second kappa shape index (κ2) is 5.11. The monoisotopic (exact) mass is 290 g/mol. The Bertz CT molecular complexity index is 924. The second-order valence-electron chi connectivity index (χ2n) is 5.13. The molecule has 2 aromatic heterocycles. The molecule has 22 heavy (non-hydrogen) atoms. The summed E-state index contributed by atoms with van der Waals surface area (Å²) in [5.41, 5.74) is 3.00. The Balaban J connectivity index is 1.66. The average Bonchev–Trinajstić information content (AvgIpc) is 3.15. The van der Waals surface area contributed by atoms with Crippen LogP contribution < -0.4 is 0 Å². The van der Waals surface area contributed by atoms with Gasteiger partial charge in [0, 0.05) is 12.6 Å². The van der Waals surface area contributed by atoms with Crippen molar-refractivity contribution in [2.45, 2.75) is 6.42 Å². The molecule has 0 unspecified atom stereocenters. The molecule has 4 aromatic rings. The van der Waals surface area contributed by atoms with E-state index in [1.54, 1.807) is 0 Å². The molecule has 0 amide bonds. The van der Waals surface area contributed by atoms with E-state index >= 15 is 0 Å². The Labute approximate surface area is 127 Å². The van der Waals surface area contributed by atoms with Crippen molar-refractivity contribution >= 4 is 11.0 Å². The number of fused-ring (bicyclic) bond motifs is 1. The topological polar surface area (TPSA) is 56.7 Å². The van der Waals surface area contributed by atoms with Crippen LogP contribution in [0.5, 0.6) is 0 Å². The van der Waals surface area contributed by atoms with Gasteiger partial charge in [-0.2, -0.15) is 4.98 Å². The summed E-state index contributed by atoms with van der Waals surface area (Å²) in [6.07, 6.45) is 0.543. The van der Waals surface area contributed by atoms with Crippen molar-refractivity contribution in [1.29, 1.82) is 0 Å². The third-order valence-corrected chi connectivity index (χ3v) is 3.68. The highest BCUT2D eigenvalue weighted by Crippen LogP contribution is 2.19. The number of benzene rings is 2. The summed E-state index contributed by atoms with van der Waals surface area (Å²) in [5, 5.41) is 4.06. The van der Waals surface area contributed by atoms with E-state index in [4.69, 9.17) is 4.52 Å². The first-order valence-corrected chi connectivity index (χ1v) is 7.09. The molecule has 0 saturated heterocycles. The van der Waals surface area contributed by atoms with E-state index in [2.05, 4.69) is 25.8 Å². The summed E-state index contributed by atoms with van der Waals surface area (Å²) in [4.78, 5) is 9.09. The molecule has 0 aliphatic rings. The molecule has 0 spiro atoms. The van der Waals surface area contributed by atoms with Crippen LogP contribution in [-0.4, -0.2) is 19.7 Å². The zero-order chi connectivity index (χ0) is 14.9. The molecule has 108 valence electrons. The van der Waals surface area contributed by atoms with Gasteiger partial charge in [-0.25, -0.2) is 4.98 Å². The average molecular weight is 290 g/mol. The molecule has 0 bridgehead atoms. The number of para-hydroxylation sites is 2. The SMILES string of the molecule is Cn1c(Cc2noc(-c3ccccc3)n2)nc2ccccc21. The van der Waals surface area contributed by atoms with Crippen molar-refractivity contribution in [3.63, 3.8) is 0 Å². The van der Waals surface area contributed by atoms with Crippen LogP contribution in [0.15, 0.2) is 59.1 Å². The molecular formula is C17H14N4O. The molecule has 0 fully saturated rings. The van der Waals surface area contributed by atoms with E-state index in [1.165, 1.54) is 0 Å². The lowest BCUT2D eigenvalue weighted by molar-refractivity contribution is 0.423. The zero-order valence-electron chi connectivity index (χ0n) is 12.1. The summed E-state index contributed by atoms with van der Waals surface area (Å²) >= 11 is 0. The number of hydrogen-bond acceptors (Lipinski definition) is 4. The maximum atomic E-state index is 5.34. The van der Waals surface area contributed by atoms with Gasteiger partial charge in [-0.15, -0.1) is 0 Å². The lowest BCUT2D eigenvalue weighted by Gasteiger charge is -1.98. The molecule has 2 heterocycles. The van der Waals surface area contributed by atoms with Gasteiger partial charge in [0.2, 0.25) is 0 Å². The van der Waals surface area contributed by atoms with E-state index in [0.29, 0.717) is 18.1 Å². The third kappa shape index (κ3) is 2.16. The predicted octanol–water partition coefficient (Wildman–Crippen LogP) is 3.21. The molecule has 0 aliphatic heterocycles. The van der Waals surface area contributed by atoms with E-state index in [-0.39, 0.29) is 0 Å². The van der Waals surface area contributed by atoms with Gasteiger partial charge in [0.1, 0.15) is 5.82 Å². The molecule has 5 heteroatoms. The van der Waals surface area contributed by atoms with Crippen molar-refractivity contribution in [3.05, 3.63) is 66.2 Å². The highest BCUT2D eigenvalue weighted by atomic mass is 16.5. The van der Waals surface area contributed by atoms with Crippen LogP contribution in [-0.2, 0) is 13.5 Å². The van der Waals surface area contributed by atoms with Crippen molar-refractivity contribution in [2.24, 2.45) is 7.05 Å². The second-order valence-corrected chi connectivity index (χ2v) is 5.13. The van der Waals surface area contributed by atoms with Crippen LogP contribution >= 0.6 is 0 Å². The molecular weight excluding hydrogens is 276 g/mol. The van der Waals surface area contributed by atoms with Gasteiger partial charge >= 0.3 is 0 Å². The molecule has 0 aliphatic carbocycles. The molecule has 2 aromatic carbocycles. The third-order valence-electron chi connectivity index (χ3n) is 3.68. The van der Waals surface area contributed by atoms with Gasteiger partial charge in [0.25, 0.3) is 5.89 Å². The van der Waals surface area contributed by atoms with Gasteiger partial charge in [-0.1, -0.05) is 35.5 Å². The Morgan fingerprint density at radius 3 is 2.55 bits per heavy atom. The summed E-state index contributed by atoms with van der Waals surface area (Å²) in [6.45, 7) is 0. The molecule has 4 rings (SSSR count). The first-order chi connectivity index (χ1) is 10.8. The number of aromatic nitrogens is 4. The first kappa shape index (κ1) is 12.8. The highest BCUT2D eigenvalue weighted by molar-refractivity contribution is 5.75. The fourth-order valence-corrected chi connectivity index (χ4v) is 2.52. The van der Waals surface area contributed by atoms with Crippen LogP contribution in [0.4, 0.5) is 0 Å². The summed E-state index contributed by atoms with van der Waals surface area (Å²) in [5.74, 6) is 2.09. The minimum absolute atomic E-state index is 0.536. The van der Waals surface area contributed by atoms with E-state index in [9.17, 15) is 0 Å². The first-order valence-electron chi connectivity index (χ1n) is 7.09. The normalized spacial score (nSPS) is 11.1. The van der Waals surface area contributed by atoms with E-state index < -0.39 is 0 Å². The van der Waals surface area contributed by atoms with Crippen LogP contribution in [0.2, 0.25) is 0 Å². The standard InChI is InChI=1S/C17H14N4O/c1-21-14-10-6-5-9-13(14)18-16(21)11-15-19-17(22-20-15)12-7-3-2-4-8-12/h2-10H,11H2,1H3.